The van der Waals surface area contributed by atoms with Gasteiger partial charge in [0.05, 0.1) is 5.69 Å². The molecule has 20 heavy (non-hydrogen) atoms. The molecule has 0 bridgehead atoms. The summed E-state index contributed by atoms with van der Waals surface area (Å²) in [5.74, 6) is 1.67. The number of anilines is 3. The summed E-state index contributed by atoms with van der Waals surface area (Å²) in [6.45, 7) is 2.13. The zero-order valence-corrected chi connectivity index (χ0v) is 13.7. The minimum absolute atomic E-state index is 0.690. The SMILES string of the molecule is CCCc1c(NC)ncnc1Nc1ccc(Cl)cc1Br. The molecule has 106 valence electrons. The van der Waals surface area contributed by atoms with Crippen LogP contribution in [0.4, 0.5) is 17.3 Å². The van der Waals surface area contributed by atoms with Crippen LogP contribution >= 0.6 is 27.5 Å². The lowest BCUT2D eigenvalue weighted by atomic mass is 10.1. The summed E-state index contributed by atoms with van der Waals surface area (Å²) in [4.78, 5) is 8.61. The Morgan fingerprint density at radius 1 is 1.25 bits per heavy atom. The van der Waals surface area contributed by atoms with E-state index in [9.17, 15) is 0 Å². The number of halogens is 2. The molecular formula is C14H16BrClN4. The largest absolute Gasteiger partial charge is 0.373 e. The standard InChI is InChI=1S/C14H16BrClN4/c1-3-4-10-13(17-2)18-8-19-14(10)20-12-6-5-9(16)7-11(12)15/h5-8H,3-4H2,1-2H3,(H2,17,18,19,20). The lowest BCUT2D eigenvalue weighted by Gasteiger charge is -2.14. The molecule has 0 spiro atoms. The molecule has 0 unspecified atom stereocenters. The second-order valence-electron chi connectivity index (χ2n) is 4.30. The predicted molar refractivity (Wildman–Crippen MR) is 88.0 cm³/mol. The van der Waals surface area contributed by atoms with E-state index in [1.165, 1.54) is 0 Å². The molecule has 6 heteroatoms. The van der Waals surface area contributed by atoms with E-state index in [0.717, 1.165) is 40.2 Å². The second kappa shape index (κ2) is 6.90. The molecule has 2 N–H and O–H groups in total. The molecule has 0 amide bonds. The average Bonchev–Trinajstić information content (AvgIpc) is 2.43. The van der Waals surface area contributed by atoms with Crippen LogP contribution in [-0.2, 0) is 6.42 Å². The molecule has 1 aromatic heterocycles. The molecule has 0 fully saturated rings. The lowest BCUT2D eigenvalue weighted by molar-refractivity contribution is 0.905. The maximum Gasteiger partial charge on any atom is 0.139 e. The number of benzene rings is 1. The molecule has 2 rings (SSSR count). The monoisotopic (exact) mass is 354 g/mol. The number of rotatable bonds is 5. The zero-order chi connectivity index (χ0) is 14.5. The minimum atomic E-state index is 0.690. The van der Waals surface area contributed by atoms with Gasteiger partial charge in [-0.25, -0.2) is 9.97 Å². The van der Waals surface area contributed by atoms with Gasteiger partial charge in [-0.2, -0.15) is 0 Å². The van der Waals surface area contributed by atoms with Crippen molar-refractivity contribution in [2.45, 2.75) is 19.8 Å². The van der Waals surface area contributed by atoms with Crippen molar-refractivity contribution in [2.75, 3.05) is 17.7 Å². The zero-order valence-electron chi connectivity index (χ0n) is 11.4. The first kappa shape index (κ1) is 15.1. The van der Waals surface area contributed by atoms with Crippen LogP contribution in [0.5, 0.6) is 0 Å². The predicted octanol–water partition coefficient (Wildman–Crippen LogP) is 4.63. The highest BCUT2D eigenvalue weighted by Crippen LogP contribution is 2.30. The molecule has 1 heterocycles. The first-order chi connectivity index (χ1) is 9.65. The van der Waals surface area contributed by atoms with Gasteiger partial charge >= 0.3 is 0 Å². The Morgan fingerprint density at radius 3 is 2.65 bits per heavy atom. The van der Waals surface area contributed by atoms with Crippen molar-refractivity contribution in [3.63, 3.8) is 0 Å². The Kier molecular flexibility index (Phi) is 5.20. The Bertz CT molecular complexity index is 604. The van der Waals surface area contributed by atoms with E-state index in [0.29, 0.717) is 5.02 Å². The van der Waals surface area contributed by atoms with Crippen LogP contribution in [0.25, 0.3) is 0 Å². The van der Waals surface area contributed by atoms with Gasteiger partial charge in [0.15, 0.2) is 0 Å². The molecule has 4 nitrogen and oxygen atoms in total. The number of hydrogen-bond acceptors (Lipinski definition) is 4. The topological polar surface area (TPSA) is 49.8 Å². The molecule has 0 saturated heterocycles. The highest BCUT2D eigenvalue weighted by atomic mass is 79.9. The van der Waals surface area contributed by atoms with E-state index in [1.807, 2.05) is 25.2 Å². The third-order valence-corrected chi connectivity index (χ3v) is 3.76. The Morgan fingerprint density at radius 2 is 2.00 bits per heavy atom. The van der Waals surface area contributed by atoms with Crippen molar-refractivity contribution in [3.8, 4) is 0 Å². The molecule has 0 radical (unpaired) electrons. The second-order valence-corrected chi connectivity index (χ2v) is 5.59. The molecule has 0 aliphatic rings. The molecule has 0 saturated carbocycles. The molecule has 0 aliphatic carbocycles. The van der Waals surface area contributed by atoms with Crippen LogP contribution in [0.3, 0.4) is 0 Å². The van der Waals surface area contributed by atoms with Crippen LogP contribution in [0.2, 0.25) is 5.02 Å². The third-order valence-electron chi connectivity index (χ3n) is 2.87. The third kappa shape index (κ3) is 3.41. The fraction of sp³-hybridized carbons (Fsp3) is 0.286. The summed E-state index contributed by atoms with van der Waals surface area (Å²) in [6.07, 6.45) is 3.49. The summed E-state index contributed by atoms with van der Waals surface area (Å²) in [6, 6.07) is 5.61. The van der Waals surface area contributed by atoms with Gasteiger partial charge in [-0.05, 0) is 40.5 Å². The van der Waals surface area contributed by atoms with Crippen molar-refractivity contribution in [3.05, 3.63) is 39.6 Å². The van der Waals surface area contributed by atoms with Gasteiger partial charge in [0, 0.05) is 22.1 Å². The quantitative estimate of drug-likeness (QED) is 0.821. The Balaban J connectivity index is 2.37. The van der Waals surface area contributed by atoms with E-state index in [-0.39, 0.29) is 0 Å². The van der Waals surface area contributed by atoms with Crippen LogP contribution in [0.15, 0.2) is 29.0 Å². The summed E-state index contributed by atoms with van der Waals surface area (Å²) in [5.41, 5.74) is 2.01. The van der Waals surface area contributed by atoms with Gasteiger partial charge in [0.25, 0.3) is 0 Å². The van der Waals surface area contributed by atoms with Gasteiger partial charge in [-0.15, -0.1) is 0 Å². The summed E-state index contributed by atoms with van der Waals surface area (Å²) >= 11 is 9.45. The van der Waals surface area contributed by atoms with Gasteiger partial charge in [0.1, 0.15) is 18.0 Å². The lowest BCUT2D eigenvalue weighted by Crippen LogP contribution is -2.05. The van der Waals surface area contributed by atoms with E-state index in [2.05, 4.69) is 43.5 Å². The number of nitrogens with one attached hydrogen (secondary N) is 2. The fourth-order valence-corrected chi connectivity index (χ4v) is 2.72. The number of hydrogen-bond donors (Lipinski definition) is 2. The van der Waals surface area contributed by atoms with E-state index in [4.69, 9.17) is 11.6 Å². The molecule has 0 atom stereocenters. The Labute approximate surface area is 132 Å². The summed E-state index contributed by atoms with van der Waals surface area (Å²) in [5, 5.41) is 7.13. The van der Waals surface area contributed by atoms with Crippen LogP contribution in [-0.4, -0.2) is 17.0 Å². The number of aromatic nitrogens is 2. The fourth-order valence-electron chi connectivity index (χ4n) is 1.94. The Hall–Kier alpha value is -1.33. The maximum absolute atomic E-state index is 5.96. The highest BCUT2D eigenvalue weighted by molar-refractivity contribution is 9.10. The van der Waals surface area contributed by atoms with Crippen LogP contribution in [0.1, 0.15) is 18.9 Å². The summed E-state index contributed by atoms with van der Waals surface area (Å²) in [7, 11) is 1.86. The van der Waals surface area contributed by atoms with Crippen LogP contribution in [0, 0.1) is 0 Å². The smallest absolute Gasteiger partial charge is 0.139 e. The molecular weight excluding hydrogens is 340 g/mol. The van der Waals surface area contributed by atoms with Crippen molar-refractivity contribution in [1.29, 1.82) is 0 Å². The first-order valence-corrected chi connectivity index (χ1v) is 7.56. The molecule has 1 aromatic carbocycles. The first-order valence-electron chi connectivity index (χ1n) is 6.39. The van der Waals surface area contributed by atoms with Crippen molar-refractivity contribution in [1.82, 2.24) is 9.97 Å². The van der Waals surface area contributed by atoms with Gasteiger partial charge in [-0.1, -0.05) is 24.9 Å². The average molecular weight is 356 g/mol. The van der Waals surface area contributed by atoms with Gasteiger partial charge < -0.3 is 10.6 Å². The van der Waals surface area contributed by atoms with E-state index < -0.39 is 0 Å². The van der Waals surface area contributed by atoms with Crippen molar-refractivity contribution in [2.24, 2.45) is 0 Å². The highest BCUT2D eigenvalue weighted by Gasteiger charge is 2.11. The summed E-state index contributed by atoms with van der Waals surface area (Å²) < 4.78 is 0.900. The molecule has 0 aliphatic heterocycles. The van der Waals surface area contributed by atoms with Gasteiger partial charge in [-0.3, -0.25) is 0 Å². The van der Waals surface area contributed by atoms with Crippen LogP contribution < -0.4 is 10.6 Å². The van der Waals surface area contributed by atoms with Gasteiger partial charge in [0.2, 0.25) is 0 Å². The van der Waals surface area contributed by atoms with E-state index >= 15 is 0 Å². The van der Waals surface area contributed by atoms with Crippen molar-refractivity contribution < 1.29 is 0 Å². The maximum atomic E-state index is 5.96. The number of nitrogens with zero attached hydrogens (tertiary/aromatic N) is 2. The van der Waals surface area contributed by atoms with E-state index in [1.54, 1.807) is 6.33 Å². The molecule has 2 aromatic rings. The van der Waals surface area contributed by atoms with Crippen molar-refractivity contribution >= 4 is 44.9 Å². The normalized spacial score (nSPS) is 10.4. The minimum Gasteiger partial charge on any atom is -0.373 e.